The van der Waals surface area contributed by atoms with Crippen LogP contribution in [-0.2, 0) is 6.54 Å². The molecule has 2 aromatic rings. The molecule has 6 nitrogen and oxygen atoms in total. The van der Waals surface area contributed by atoms with E-state index in [1.807, 2.05) is 36.7 Å². The van der Waals surface area contributed by atoms with Crippen molar-refractivity contribution in [1.82, 2.24) is 19.8 Å². The lowest BCUT2D eigenvalue weighted by Gasteiger charge is -2.45. The molecule has 2 aliphatic heterocycles. The summed E-state index contributed by atoms with van der Waals surface area (Å²) in [5.74, 6) is 1.05. The SMILES string of the molecule is O[C@@H]1CN(Cc2ccccn2)CC[C@H]1N1CCN(c2ccccn2)CC1. The topological polar surface area (TPSA) is 55.7 Å². The third-order valence-electron chi connectivity index (χ3n) is 5.50. The highest BCUT2D eigenvalue weighted by Crippen LogP contribution is 2.21. The first-order valence-corrected chi connectivity index (χ1v) is 9.50. The molecule has 2 fully saturated rings. The maximum atomic E-state index is 10.7. The zero-order valence-corrected chi connectivity index (χ0v) is 15.1. The summed E-state index contributed by atoms with van der Waals surface area (Å²) in [4.78, 5) is 16.0. The Balaban J connectivity index is 1.29. The summed E-state index contributed by atoms with van der Waals surface area (Å²) >= 11 is 0. The predicted octanol–water partition coefficient (Wildman–Crippen LogP) is 1.23. The van der Waals surface area contributed by atoms with E-state index in [4.69, 9.17) is 0 Å². The van der Waals surface area contributed by atoms with Crippen molar-refractivity contribution in [2.24, 2.45) is 0 Å². The Bertz CT molecular complexity index is 675. The first-order chi connectivity index (χ1) is 12.8. The van der Waals surface area contributed by atoms with E-state index in [-0.39, 0.29) is 12.1 Å². The van der Waals surface area contributed by atoms with Gasteiger partial charge in [-0.3, -0.25) is 14.8 Å². The summed E-state index contributed by atoms with van der Waals surface area (Å²) in [6, 6.07) is 12.3. The van der Waals surface area contributed by atoms with Gasteiger partial charge in [-0.15, -0.1) is 0 Å². The van der Waals surface area contributed by atoms with Gasteiger partial charge in [0.05, 0.1) is 11.8 Å². The molecule has 0 bridgehead atoms. The normalized spacial score (nSPS) is 25.3. The number of likely N-dealkylation sites (tertiary alicyclic amines) is 1. The monoisotopic (exact) mass is 353 g/mol. The molecular weight excluding hydrogens is 326 g/mol. The van der Waals surface area contributed by atoms with Crippen LogP contribution in [-0.4, -0.2) is 76.3 Å². The summed E-state index contributed by atoms with van der Waals surface area (Å²) in [6.45, 7) is 6.46. The van der Waals surface area contributed by atoms with Crippen LogP contribution in [0.1, 0.15) is 12.1 Å². The van der Waals surface area contributed by atoms with Gasteiger partial charge in [-0.05, 0) is 30.7 Å². The van der Waals surface area contributed by atoms with Gasteiger partial charge >= 0.3 is 0 Å². The number of piperidine rings is 1. The number of rotatable bonds is 4. The predicted molar refractivity (Wildman–Crippen MR) is 102 cm³/mol. The molecule has 2 saturated heterocycles. The van der Waals surface area contributed by atoms with Gasteiger partial charge < -0.3 is 10.0 Å². The average Bonchev–Trinajstić information content (AvgIpc) is 2.70. The molecule has 0 aliphatic carbocycles. The van der Waals surface area contributed by atoms with Crippen molar-refractivity contribution in [3.8, 4) is 0 Å². The molecule has 6 heteroatoms. The number of anilines is 1. The van der Waals surface area contributed by atoms with Gasteiger partial charge in [0.2, 0.25) is 0 Å². The van der Waals surface area contributed by atoms with Crippen LogP contribution in [0.4, 0.5) is 5.82 Å². The van der Waals surface area contributed by atoms with Crippen LogP contribution >= 0.6 is 0 Å². The largest absolute Gasteiger partial charge is 0.390 e. The van der Waals surface area contributed by atoms with Crippen LogP contribution < -0.4 is 4.90 Å². The Kier molecular flexibility index (Phi) is 5.43. The lowest BCUT2D eigenvalue weighted by molar-refractivity contribution is -0.0175. The quantitative estimate of drug-likeness (QED) is 0.892. The third kappa shape index (κ3) is 4.03. The van der Waals surface area contributed by atoms with Gasteiger partial charge in [-0.1, -0.05) is 12.1 Å². The van der Waals surface area contributed by atoms with E-state index in [1.165, 1.54) is 0 Å². The molecule has 2 aliphatic rings. The fourth-order valence-corrected chi connectivity index (χ4v) is 4.10. The van der Waals surface area contributed by atoms with Crippen LogP contribution in [0.3, 0.4) is 0 Å². The maximum absolute atomic E-state index is 10.7. The Morgan fingerprint density at radius 3 is 2.35 bits per heavy atom. The summed E-state index contributed by atoms with van der Waals surface area (Å²) in [5.41, 5.74) is 1.07. The second-order valence-corrected chi connectivity index (χ2v) is 7.19. The minimum absolute atomic E-state index is 0.265. The number of nitrogens with zero attached hydrogens (tertiary/aromatic N) is 5. The van der Waals surface area contributed by atoms with Gasteiger partial charge in [0.15, 0.2) is 0 Å². The molecule has 4 rings (SSSR count). The highest BCUT2D eigenvalue weighted by atomic mass is 16.3. The minimum Gasteiger partial charge on any atom is -0.390 e. The summed E-state index contributed by atoms with van der Waals surface area (Å²) in [5, 5.41) is 10.7. The van der Waals surface area contributed by atoms with Crippen molar-refractivity contribution >= 4 is 5.82 Å². The van der Waals surface area contributed by atoms with Crippen molar-refractivity contribution < 1.29 is 5.11 Å². The average molecular weight is 353 g/mol. The van der Waals surface area contributed by atoms with Crippen molar-refractivity contribution in [1.29, 1.82) is 0 Å². The van der Waals surface area contributed by atoms with Crippen LogP contribution in [0.2, 0.25) is 0 Å². The second-order valence-electron chi connectivity index (χ2n) is 7.19. The fraction of sp³-hybridized carbons (Fsp3) is 0.500. The van der Waals surface area contributed by atoms with E-state index in [0.717, 1.165) is 63.7 Å². The zero-order valence-electron chi connectivity index (χ0n) is 15.1. The molecule has 0 saturated carbocycles. The minimum atomic E-state index is -0.297. The van der Waals surface area contributed by atoms with Crippen molar-refractivity contribution in [3.63, 3.8) is 0 Å². The molecule has 0 radical (unpaired) electrons. The van der Waals surface area contributed by atoms with Crippen molar-refractivity contribution in [2.75, 3.05) is 44.2 Å². The molecule has 26 heavy (non-hydrogen) atoms. The number of piperazine rings is 1. The first-order valence-electron chi connectivity index (χ1n) is 9.50. The van der Waals surface area contributed by atoms with Crippen LogP contribution in [0, 0.1) is 0 Å². The number of hydrogen-bond acceptors (Lipinski definition) is 6. The lowest BCUT2D eigenvalue weighted by atomic mass is 9.99. The summed E-state index contributed by atoms with van der Waals surface area (Å²) in [6.07, 6.45) is 4.40. The van der Waals surface area contributed by atoms with Crippen LogP contribution in [0.25, 0.3) is 0 Å². The number of hydrogen-bond donors (Lipinski definition) is 1. The van der Waals surface area contributed by atoms with Gasteiger partial charge in [0.1, 0.15) is 5.82 Å². The van der Waals surface area contributed by atoms with E-state index >= 15 is 0 Å². The fourth-order valence-electron chi connectivity index (χ4n) is 4.10. The highest BCUT2D eigenvalue weighted by molar-refractivity contribution is 5.38. The molecule has 138 valence electrons. The van der Waals surface area contributed by atoms with Gasteiger partial charge in [0, 0.05) is 64.2 Å². The van der Waals surface area contributed by atoms with Gasteiger partial charge in [-0.25, -0.2) is 4.98 Å². The highest BCUT2D eigenvalue weighted by Gasteiger charge is 2.33. The molecule has 4 heterocycles. The van der Waals surface area contributed by atoms with Crippen molar-refractivity contribution in [3.05, 3.63) is 54.5 Å². The van der Waals surface area contributed by atoms with Crippen LogP contribution in [0.5, 0.6) is 0 Å². The second kappa shape index (κ2) is 8.12. The molecule has 0 unspecified atom stereocenters. The molecule has 0 spiro atoms. The summed E-state index contributed by atoms with van der Waals surface area (Å²) in [7, 11) is 0. The van der Waals surface area contributed by atoms with E-state index in [0.29, 0.717) is 0 Å². The Morgan fingerprint density at radius 1 is 0.923 bits per heavy atom. The van der Waals surface area contributed by atoms with Gasteiger partial charge in [0.25, 0.3) is 0 Å². The Morgan fingerprint density at radius 2 is 1.69 bits per heavy atom. The summed E-state index contributed by atoms with van der Waals surface area (Å²) < 4.78 is 0. The smallest absolute Gasteiger partial charge is 0.128 e. The molecule has 1 N–H and O–H groups in total. The standard InChI is InChI=1S/C20H27N5O/c26-19-16-23(15-17-5-1-3-8-21-17)10-7-18(19)24-11-13-25(14-12-24)20-6-2-4-9-22-20/h1-6,8-9,18-19,26H,7,10-16H2/t18-,19-/m1/s1. The third-order valence-corrected chi connectivity index (χ3v) is 5.50. The Hall–Kier alpha value is -2.02. The van der Waals surface area contributed by atoms with E-state index in [1.54, 1.807) is 0 Å². The Labute approximate surface area is 155 Å². The van der Waals surface area contributed by atoms with Crippen molar-refractivity contribution in [2.45, 2.75) is 25.1 Å². The molecule has 0 aromatic carbocycles. The number of aromatic nitrogens is 2. The first kappa shape index (κ1) is 17.4. The van der Waals surface area contributed by atoms with Gasteiger partial charge in [-0.2, -0.15) is 0 Å². The number of aliphatic hydroxyl groups excluding tert-OH is 1. The van der Waals surface area contributed by atoms with E-state index in [9.17, 15) is 5.11 Å². The lowest BCUT2D eigenvalue weighted by Crippen LogP contribution is -2.58. The molecule has 0 amide bonds. The zero-order chi connectivity index (χ0) is 17.8. The molecular formula is C20H27N5O. The molecule has 2 aromatic heterocycles. The maximum Gasteiger partial charge on any atom is 0.128 e. The number of pyridine rings is 2. The van der Waals surface area contributed by atoms with E-state index < -0.39 is 0 Å². The molecule has 2 atom stereocenters. The van der Waals surface area contributed by atoms with E-state index in [2.05, 4.69) is 36.8 Å². The number of aliphatic hydroxyl groups is 1. The van der Waals surface area contributed by atoms with Crippen LogP contribution in [0.15, 0.2) is 48.8 Å². The number of β-amino-alcohol motifs (C(OH)–C–C–N with tert-alkyl or cyclic N) is 1.